The van der Waals surface area contributed by atoms with Crippen LogP contribution in [-0.2, 0) is 4.74 Å². The number of carbonyl (C=O) groups is 1. The predicted octanol–water partition coefficient (Wildman–Crippen LogP) is 4.60. The van der Waals surface area contributed by atoms with Crippen molar-refractivity contribution in [3.05, 3.63) is 29.8 Å². The molecule has 0 radical (unpaired) electrons. The van der Waals surface area contributed by atoms with Crippen LogP contribution in [0.3, 0.4) is 0 Å². The van der Waals surface area contributed by atoms with E-state index in [0.29, 0.717) is 18.3 Å². The number of ether oxygens (including phenoxy) is 2. The van der Waals surface area contributed by atoms with Gasteiger partial charge in [0.05, 0.1) is 18.3 Å². The number of benzene rings is 1. The van der Waals surface area contributed by atoms with Gasteiger partial charge < -0.3 is 9.47 Å². The van der Waals surface area contributed by atoms with Crippen molar-refractivity contribution in [1.29, 1.82) is 0 Å². The maximum absolute atomic E-state index is 11.6. The fourth-order valence-electron chi connectivity index (χ4n) is 2.91. The van der Waals surface area contributed by atoms with E-state index in [-0.39, 0.29) is 5.97 Å². The number of esters is 1. The summed E-state index contributed by atoms with van der Waals surface area (Å²) in [6.07, 6.45) is 7.77. The SMILES string of the molecule is CCOC(=O)c1ccc(OC2CCCCCC(C)C2)cc1. The maximum Gasteiger partial charge on any atom is 0.338 e. The molecule has 0 spiro atoms. The fraction of sp³-hybridized carbons (Fsp3) is 0.611. The third kappa shape index (κ3) is 5.07. The minimum atomic E-state index is -0.274. The van der Waals surface area contributed by atoms with Gasteiger partial charge >= 0.3 is 5.97 Å². The van der Waals surface area contributed by atoms with Gasteiger partial charge in [0.1, 0.15) is 5.75 Å². The molecule has 0 aliphatic heterocycles. The summed E-state index contributed by atoms with van der Waals surface area (Å²) >= 11 is 0. The molecule has 2 unspecified atom stereocenters. The highest BCUT2D eigenvalue weighted by Gasteiger charge is 2.17. The van der Waals surface area contributed by atoms with Crippen LogP contribution < -0.4 is 4.74 Å². The number of hydrogen-bond donors (Lipinski definition) is 0. The Morgan fingerprint density at radius 1 is 1.14 bits per heavy atom. The van der Waals surface area contributed by atoms with E-state index in [0.717, 1.165) is 24.5 Å². The van der Waals surface area contributed by atoms with Gasteiger partial charge in [0.25, 0.3) is 0 Å². The van der Waals surface area contributed by atoms with Crippen molar-refractivity contribution in [2.75, 3.05) is 6.61 Å². The van der Waals surface area contributed by atoms with Gasteiger partial charge in [-0.2, -0.15) is 0 Å². The molecule has 0 amide bonds. The molecule has 1 fully saturated rings. The van der Waals surface area contributed by atoms with Crippen LogP contribution in [0.1, 0.15) is 62.7 Å². The topological polar surface area (TPSA) is 35.5 Å². The molecular formula is C18H26O3. The van der Waals surface area contributed by atoms with E-state index in [2.05, 4.69) is 6.92 Å². The summed E-state index contributed by atoms with van der Waals surface area (Å²) in [5.74, 6) is 1.30. The van der Waals surface area contributed by atoms with Gasteiger partial charge in [0.15, 0.2) is 0 Å². The van der Waals surface area contributed by atoms with Crippen LogP contribution in [0.5, 0.6) is 5.75 Å². The molecule has 0 bridgehead atoms. The van der Waals surface area contributed by atoms with Gasteiger partial charge in [-0.15, -0.1) is 0 Å². The van der Waals surface area contributed by atoms with Crippen molar-refractivity contribution in [1.82, 2.24) is 0 Å². The molecule has 1 aromatic rings. The minimum absolute atomic E-state index is 0.274. The monoisotopic (exact) mass is 290 g/mol. The second kappa shape index (κ2) is 8.06. The Labute approximate surface area is 127 Å². The highest BCUT2D eigenvalue weighted by atomic mass is 16.5. The zero-order valence-electron chi connectivity index (χ0n) is 13.1. The number of carbonyl (C=O) groups excluding carboxylic acids is 1. The van der Waals surface area contributed by atoms with Crippen LogP contribution in [0.15, 0.2) is 24.3 Å². The van der Waals surface area contributed by atoms with Gasteiger partial charge in [0, 0.05) is 0 Å². The summed E-state index contributed by atoms with van der Waals surface area (Å²) in [6.45, 7) is 4.52. The van der Waals surface area contributed by atoms with Gasteiger partial charge in [-0.25, -0.2) is 4.79 Å². The maximum atomic E-state index is 11.6. The summed E-state index contributed by atoms with van der Waals surface area (Å²) in [7, 11) is 0. The van der Waals surface area contributed by atoms with Crippen LogP contribution in [0.25, 0.3) is 0 Å². The Kier molecular flexibility index (Phi) is 6.09. The molecule has 3 heteroatoms. The second-order valence-corrected chi connectivity index (χ2v) is 5.96. The molecule has 3 nitrogen and oxygen atoms in total. The Bertz CT molecular complexity index is 438. The lowest BCUT2D eigenvalue weighted by atomic mass is 9.91. The molecule has 1 aliphatic carbocycles. The summed E-state index contributed by atoms with van der Waals surface area (Å²) in [6, 6.07) is 7.30. The lowest BCUT2D eigenvalue weighted by Crippen LogP contribution is -2.21. The van der Waals surface area contributed by atoms with E-state index in [1.54, 1.807) is 12.1 Å². The molecular weight excluding hydrogens is 264 g/mol. The molecule has 21 heavy (non-hydrogen) atoms. The van der Waals surface area contributed by atoms with E-state index in [4.69, 9.17) is 9.47 Å². The van der Waals surface area contributed by atoms with Crippen LogP contribution in [0.4, 0.5) is 0 Å². The first-order valence-corrected chi connectivity index (χ1v) is 8.13. The highest BCUT2D eigenvalue weighted by Crippen LogP contribution is 2.26. The van der Waals surface area contributed by atoms with Crippen molar-refractivity contribution < 1.29 is 14.3 Å². The first-order chi connectivity index (χ1) is 10.2. The first-order valence-electron chi connectivity index (χ1n) is 8.13. The minimum Gasteiger partial charge on any atom is -0.490 e. The van der Waals surface area contributed by atoms with Crippen LogP contribution in [-0.4, -0.2) is 18.7 Å². The molecule has 0 aromatic heterocycles. The molecule has 2 atom stereocenters. The standard InChI is InChI=1S/C18H26O3/c1-3-20-18(19)15-9-11-16(12-10-15)21-17-8-6-4-5-7-14(2)13-17/h9-12,14,17H,3-8,13H2,1-2H3. The molecule has 1 saturated carbocycles. The van der Waals surface area contributed by atoms with Gasteiger partial charge in [-0.1, -0.05) is 26.2 Å². The van der Waals surface area contributed by atoms with E-state index >= 15 is 0 Å². The largest absolute Gasteiger partial charge is 0.490 e. The number of rotatable bonds is 4. The Morgan fingerprint density at radius 3 is 2.57 bits per heavy atom. The zero-order chi connectivity index (χ0) is 15.1. The number of hydrogen-bond acceptors (Lipinski definition) is 3. The molecule has 0 N–H and O–H groups in total. The molecule has 116 valence electrons. The van der Waals surface area contributed by atoms with E-state index in [1.165, 1.54) is 25.7 Å². The van der Waals surface area contributed by atoms with E-state index in [1.807, 2.05) is 19.1 Å². The quantitative estimate of drug-likeness (QED) is 0.760. The third-order valence-electron chi connectivity index (χ3n) is 4.06. The summed E-state index contributed by atoms with van der Waals surface area (Å²) in [5, 5.41) is 0. The van der Waals surface area contributed by atoms with Crippen molar-refractivity contribution in [3.8, 4) is 5.75 Å². The lowest BCUT2D eigenvalue weighted by Gasteiger charge is -2.25. The molecule has 0 heterocycles. The molecule has 1 aromatic carbocycles. The first kappa shape index (κ1) is 15.9. The van der Waals surface area contributed by atoms with Crippen molar-refractivity contribution >= 4 is 5.97 Å². The van der Waals surface area contributed by atoms with Gasteiger partial charge in [-0.3, -0.25) is 0 Å². The van der Waals surface area contributed by atoms with Crippen LogP contribution in [0.2, 0.25) is 0 Å². The summed E-state index contributed by atoms with van der Waals surface area (Å²) in [5.41, 5.74) is 0.579. The van der Waals surface area contributed by atoms with Crippen molar-refractivity contribution in [2.24, 2.45) is 5.92 Å². The molecule has 1 aliphatic rings. The van der Waals surface area contributed by atoms with Gasteiger partial charge in [-0.05, 0) is 56.4 Å². The Hall–Kier alpha value is -1.51. The second-order valence-electron chi connectivity index (χ2n) is 5.96. The average molecular weight is 290 g/mol. The van der Waals surface area contributed by atoms with E-state index < -0.39 is 0 Å². The lowest BCUT2D eigenvalue weighted by molar-refractivity contribution is 0.0526. The summed E-state index contributed by atoms with van der Waals surface area (Å²) < 4.78 is 11.1. The normalized spacial score (nSPS) is 23.0. The predicted molar refractivity (Wildman–Crippen MR) is 83.7 cm³/mol. The van der Waals surface area contributed by atoms with Gasteiger partial charge in [0.2, 0.25) is 0 Å². The van der Waals surface area contributed by atoms with E-state index in [9.17, 15) is 4.79 Å². The third-order valence-corrected chi connectivity index (χ3v) is 4.06. The molecule has 2 rings (SSSR count). The Balaban J connectivity index is 1.93. The zero-order valence-corrected chi connectivity index (χ0v) is 13.1. The van der Waals surface area contributed by atoms with Crippen molar-refractivity contribution in [3.63, 3.8) is 0 Å². The smallest absolute Gasteiger partial charge is 0.338 e. The average Bonchev–Trinajstić information content (AvgIpc) is 2.45. The Morgan fingerprint density at radius 2 is 1.86 bits per heavy atom. The van der Waals surface area contributed by atoms with Crippen LogP contribution >= 0.6 is 0 Å². The fourth-order valence-corrected chi connectivity index (χ4v) is 2.91. The van der Waals surface area contributed by atoms with Crippen molar-refractivity contribution in [2.45, 2.75) is 58.5 Å². The van der Waals surface area contributed by atoms with Crippen LogP contribution in [0, 0.1) is 5.92 Å². The summed E-state index contributed by atoms with van der Waals surface area (Å²) in [4.78, 5) is 11.6. The molecule has 0 saturated heterocycles. The highest BCUT2D eigenvalue weighted by molar-refractivity contribution is 5.89.